The van der Waals surface area contributed by atoms with Crippen molar-refractivity contribution >= 4 is 29.1 Å². The normalized spacial score (nSPS) is 18.4. The van der Waals surface area contributed by atoms with Crippen LogP contribution in [0, 0.1) is 0 Å². The van der Waals surface area contributed by atoms with E-state index in [1.807, 2.05) is 29.6 Å². The quantitative estimate of drug-likeness (QED) is 0.835. The van der Waals surface area contributed by atoms with Gasteiger partial charge in [0.1, 0.15) is 11.0 Å². The van der Waals surface area contributed by atoms with E-state index in [0.717, 1.165) is 16.3 Å². The minimum Gasteiger partial charge on any atom is -0.321 e. The zero-order chi connectivity index (χ0) is 11.7. The number of amides is 1. The summed E-state index contributed by atoms with van der Waals surface area (Å²) in [6.07, 6.45) is 3.07. The minimum absolute atomic E-state index is 0.190. The number of fused-ring (bicyclic) bond motifs is 1. The van der Waals surface area contributed by atoms with Crippen LogP contribution < -0.4 is 5.32 Å². The number of carbonyl (C=O) groups excluding carboxylic acids is 1. The van der Waals surface area contributed by atoms with Crippen molar-refractivity contribution in [3.63, 3.8) is 0 Å². The SMILES string of the molecule is O=C1C=NC(c2nccs2)c2ccccc2N1. The Kier molecular flexibility index (Phi) is 2.45. The number of carbonyl (C=O) groups is 1. The fraction of sp³-hybridized carbons (Fsp3) is 0.0833. The van der Waals surface area contributed by atoms with Gasteiger partial charge in [0.25, 0.3) is 5.91 Å². The van der Waals surface area contributed by atoms with E-state index in [1.165, 1.54) is 17.6 Å². The monoisotopic (exact) mass is 243 g/mol. The second-order valence-corrected chi connectivity index (χ2v) is 4.55. The number of nitrogens with zero attached hydrogens (tertiary/aromatic N) is 2. The van der Waals surface area contributed by atoms with E-state index in [-0.39, 0.29) is 11.9 Å². The zero-order valence-corrected chi connectivity index (χ0v) is 9.65. The molecule has 3 rings (SSSR count). The second kappa shape index (κ2) is 4.10. The number of thiazole rings is 1. The van der Waals surface area contributed by atoms with Gasteiger partial charge in [-0.25, -0.2) is 4.98 Å². The van der Waals surface area contributed by atoms with Crippen molar-refractivity contribution < 1.29 is 4.79 Å². The summed E-state index contributed by atoms with van der Waals surface area (Å²) < 4.78 is 0. The predicted octanol–water partition coefficient (Wildman–Crippen LogP) is 2.26. The fourth-order valence-electron chi connectivity index (χ4n) is 1.80. The van der Waals surface area contributed by atoms with Gasteiger partial charge in [-0.05, 0) is 6.07 Å². The molecular formula is C12H9N3OS. The molecule has 2 aromatic rings. The van der Waals surface area contributed by atoms with E-state index in [2.05, 4.69) is 15.3 Å². The van der Waals surface area contributed by atoms with E-state index in [0.29, 0.717) is 0 Å². The highest BCUT2D eigenvalue weighted by atomic mass is 32.1. The smallest absolute Gasteiger partial charge is 0.266 e. The molecule has 2 heterocycles. The molecule has 0 spiro atoms. The van der Waals surface area contributed by atoms with Crippen LogP contribution >= 0.6 is 11.3 Å². The Balaban J connectivity index is 2.15. The summed E-state index contributed by atoms with van der Waals surface area (Å²) in [5.74, 6) is -0.198. The number of benzene rings is 1. The van der Waals surface area contributed by atoms with Gasteiger partial charge in [-0.2, -0.15) is 0 Å². The first-order valence-corrected chi connectivity index (χ1v) is 6.05. The topological polar surface area (TPSA) is 54.4 Å². The number of aromatic nitrogens is 1. The van der Waals surface area contributed by atoms with Crippen LogP contribution in [0.1, 0.15) is 16.6 Å². The van der Waals surface area contributed by atoms with E-state index in [4.69, 9.17) is 0 Å². The molecule has 1 amide bonds. The maximum absolute atomic E-state index is 11.5. The van der Waals surface area contributed by atoms with Gasteiger partial charge in [0.15, 0.2) is 0 Å². The maximum atomic E-state index is 11.5. The first kappa shape index (κ1) is 10.2. The lowest BCUT2D eigenvalue weighted by molar-refractivity contribution is -0.109. The van der Waals surface area contributed by atoms with Crippen LogP contribution in [0.2, 0.25) is 0 Å². The van der Waals surface area contributed by atoms with E-state index in [9.17, 15) is 4.79 Å². The molecule has 0 fully saturated rings. The summed E-state index contributed by atoms with van der Waals surface area (Å²) in [5, 5.41) is 5.61. The second-order valence-electron chi connectivity index (χ2n) is 3.63. The van der Waals surface area contributed by atoms with Crippen LogP contribution in [-0.2, 0) is 4.79 Å². The summed E-state index contributed by atoms with van der Waals surface area (Å²) in [6, 6.07) is 7.48. The van der Waals surface area contributed by atoms with Crippen LogP contribution in [0.5, 0.6) is 0 Å². The number of hydrogen-bond acceptors (Lipinski definition) is 4. The lowest BCUT2D eigenvalue weighted by atomic mass is 10.1. The van der Waals surface area contributed by atoms with Crippen molar-refractivity contribution in [1.29, 1.82) is 0 Å². The molecule has 1 aromatic carbocycles. The molecule has 0 radical (unpaired) electrons. The van der Waals surface area contributed by atoms with Crippen LogP contribution in [0.15, 0.2) is 40.8 Å². The van der Waals surface area contributed by atoms with Crippen LogP contribution in [0.3, 0.4) is 0 Å². The highest BCUT2D eigenvalue weighted by Crippen LogP contribution is 2.33. The summed E-state index contributed by atoms with van der Waals surface area (Å²) in [7, 11) is 0. The number of anilines is 1. The summed E-state index contributed by atoms with van der Waals surface area (Å²) >= 11 is 1.54. The lowest BCUT2D eigenvalue weighted by Gasteiger charge is -2.11. The number of aliphatic imine (C=N–C) groups is 1. The van der Waals surface area contributed by atoms with Gasteiger partial charge in [0.2, 0.25) is 0 Å². The molecule has 0 saturated heterocycles. The third-order valence-corrected chi connectivity index (χ3v) is 3.37. The largest absolute Gasteiger partial charge is 0.321 e. The van der Waals surface area contributed by atoms with E-state index in [1.54, 1.807) is 6.20 Å². The number of rotatable bonds is 1. The van der Waals surface area contributed by atoms with Gasteiger partial charge in [0, 0.05) is 22.8 Å². The van der Waals surface area contributed by atoms with Crippen molar-refractivity contribution in [1.82, 2.24) is 4.98 Å². The first-order chi connectivity index (χ1) is 8.34. The van der Waals surface area contributed by atoms with Crippen molar-refractivity contribution in [2.45, 2.75) is 6.04 Å². The molecule has 4 nitrogen and oxygen atoms in total. The molecule has 1 N–H and O–H groups in total. The molecule has 1 aromatic heterocycles. The average Bonchev–Trinajstić information content (AvgIpc) is 2.80. The summed E-state index contributed by atoms with van der Waals surface area (Å²) in [6.45, 7) is 0. The highest BCUT2D eigenvalue weighted by molar-refractivity contribution is 7.09. The molecule has 1 atom stereocenters. The highest BCUT2D eigenvalue weighted by Gasteiger charge is 2.21. The Morgan fingerprint density at radius 1 is 1.29 bits per heavy atom. The number of nitrogens with one attached hydrogen (secondary N) is 1. The zero-order valence-electron chi connectivity index (χ0n) is 8.83. The third-order valence-electron chi connectivity index (χ3n) is 2.54. The Hall–Kier alpha value is -2.01. The Labute approximate surface area is 102 Å². The molecule has 0 bridgehead atoms. The van der Waals surface area contributed by atoms with Crippen LogP contribution in [0.25, 0.3) is 0 Å². The standard InChI is InChI=1S/C12H9N3OS/c16-10-7-14-11(12-13-5-6-17-12)8-3-1-2-4-9(8)15-10/h1-7,11H,(H,15,16). The van der Waals surface area contributed by atoms with Gasteiger partial charge in [0.05, 0.1) is 6.21 Å². The van der Waals surface area contributed by atoms with Crippen LogP contribution in [0.4, 0.5) is 5.69 Å². The number of hydrogen-bond donors (Lipinski definition) is 1. The Bertz CT molecular complexity index is 577. The van der Waals surface area contributed by atoms with Crippen molar-refractivity contribution in [2.24, 2.45) is 4.99 Å². The van der Waals surface area contributed by atoms with Gasteiger partial charge in [-0.15, -0.1) is 11.3 Å². The van der Waals surface area contributed by atoms with Crippen molar-refractivity contribution in [3.8, 4) is 0 Å². The Morgan fingerprint density at radius 3 is 3.00 bits per heavy atom. The first-order valence-electron chi connectivity index (χ1n) is 5.17. The number of para-hydroxylation sites is 1. The maximum Gasteiger partial charge on any atom is 0.266 e. The van der Waals surface area contributed by atoms with Crippen LogP contribution in [-0.4, -0.2) is 17.1 Å². The molecule has 5 heteroatoms. The lowest BCUT2D eigenvalue weighted by Crippen LogP contribution is -2.11. The molecule has 17 heavy (non-hydrogen) atoms. The predicted molar refractivity (Wildman–Crippen MR) is 67.5 cm³/mol. The molecule has 84 valence electrons. The van der Waals surface area contributed by atoms with Gasteiger partial charge >= 0.3 is 0 Å². The fourth-order valence-corrected chi connectivity index (χ4v) is 2.50. The molecule has 1 aliphatic heterocycles. The summed E-state index contributed by atoms with van der Waals surface area (Å²) in [4.78, 5) is 20.1. The molecule has 1 unspecified atom stereocenters. The molecular weight excluding hydrogens is 234 g/mol. The Morgan fingerprint density at radius 2 is 2.18 bits per heavy atom. The van der Waals surface area contributed by atoms with Gasteiger partial charge in [-0.1, -0.05) is 18.2 Å². The van der Waals surface area contributed by atoms with Gasteiger partial charge in [-0.3, -0.25) is 9.79 Å². The molecule has 1 aliphatic rings. The molecule has 0 saturated carbocycles. The third kappa shape index (κ3) is 1.85. The van der Waals surface area contributed by atoms with Gasteiger partial charge < -0.3 is 5.32 Å². The van der Waals surface area contributed by atoms with Crippen molar-refractivity contribution in [2.75, 3.05) is 5.32 Å². The van der Waals surface area contributed by atoms with E-state index < -0.39 is 0 Å². The minimum atomic E-state index is -0.198. The van der Waals surface area contributed by atoms with Crippen molar-refractivity contribution in [3.05, 3.63) is 46.4 Å². The van der Waals surface area contributed by atoms with E-state index >= 15 is 0 Å². The molecule has 0 aliphatic carbocycles. The average molecular weight is 243 g/mol. The summed E-state index contributed by atoms with van der Waals surface area (Å²) in [5.41, 5.74) is 1.78.